The molecule has 0 unspecified atom stereocenters. The Morgan fingerprint density at radius 1 is 1.73 bits per heavy atom. The van der Waals surface area contributed by atoms with Gasteiger partial charge in [-0.1, -0.05) is 0 Å². The van der Waals surface area contributed by atoms with Crippen LogP contribution in [0, 0.1) is 0 Å². The first-order valence-corrected chi connectivity index (χ1v) is 3.68. The van der Waals surface area contributed by atoms with E-state index in [0.717, 1.165) is 6.42 Å². The molecule has 1 aliphatic heterocycles. The first-order chi connectivity index (χ1) is 5.18. The van der Waals surface area contributed by atoms with Gasteiger partial charge in [0.2, 0.25) is 0 Å². The zero-order valence-corrected chi connectivity index (χ0v) is 6.74. The number of rotatable bonds is 1. The molecule has 0 saturated carbocycles. The van der Waals surface area contributed by atoms with Crippen LogP contribution >= 0.6 is 0 Å². The van der Waals surface area contributed by atoms with E-state index >= 15 is 0 Å². The minimum Gasteiger partial charge on any atom is -0.498 e. The summed E-state index contributed by atoms with van der Waals surface area (Å²) in [7, 11) is 0. The van der Waals surface area contributed by atoms with Gasteiger partial charge < -0.3 is 9.47 Å². The lowest BCUT2D eigenvalue weighted by Gasteiger charge is -2.21. The monoisotopic (exact) mass is 156 g/mol. The van der Waals surface area contributed by atoms with Gasteiger partial charge in [-0.3, -0.25) is 4.79 Å². The Hall–Kier alpha value is -0.990. The Labute approximate surface area is 66.0 Å². The third kappa shape index (κ3) is 2.62. The molecule has 0 fully saturated rings. The van der Waals surface area contributed by atoms with Crippen LogP contribution in [0.25, 0.3) is 0 Å². The van der Waals surface area contributed by atoms with Gasteiger partial charge in [0.15, 0.2) is 0 Å². The summed E-state index contributed by atoms with van der Waals surface area (Å²) in [4.78, 5) is 10.5. The SMILES string of the molecule is CC(=O)O[C@@H]1C=CO[C@H](C)C1. The molecular formula is C8H12O3. The van der Waals surface area contributed by atoms with Crippen LogP contribution in [-0.4, -0.2) is 18.2 Å². The molecule has 1 aliphatic rings. The lowest BCUT2D eigenvalue weighted by atomic mass is 10.1. The minimum absolute atomic E-state index is 0.101. The molecular weight excluding hydrogens is 144 g/mol. The van der Waals surface area contributed by atoms with Crippen LogP contribution in [0.5, 0.6) is 0 Å². The number of carbonyl (C=O) groups excluding carboxylic acids is 1. The van der Waals surface area contributed by atoms with Crippen molar-refractivity contribution in [2.45, 2.75) is 32.5 Å². The van der Waals surface area contributed by atoms with Crippen molar-refractivity contribution in [3.63, 3.8) is 0 Å². The molecule has 0 saturated heterocycles. The van der Waals surface area contributed by atoms with Crippen molar-refractivity contribution in [3.05, 3.63) is 12.3 Å². The van der Waals surface area contributed by atoms with E-state index in [1.165, 1.54) is 6.92 Å². The molecule has 2 atom stereocenters. The van der Waals surface area contributed by atoms with Gasteiger partial charge in [0.1, 0.15) is 6.10 Å². The summed E-state index contributed by atoms with van der Waals surface area (Å²) >= 11 is 0. The number of hydrogen-bond donors (Lipinski definition) is 0. The third-order valence-electron chi connectivity index (χ3n) is 1.49. The van der Waals surface area contributed by atoms with E-state index in [4.69, 9.17) is 9.47 Å². The third-order valence-corrected chi connectivity index (χ3v) is 1.49. The van der Waals surface area contributed by atoms with Gasteiger partial charge in [0.05, 0.1) is 12.4 Å². The Kier molecular flexibility index (Phi) is 2.52. The molecule has 0 N–H and O–H groups in total. The van der Waals surface area contributed by atoms with Crippen molar-refractivity contribution in [3.8, 4) is 0 Å². The molecule has 0 aromatic rings. The molecule has 0 aromatic carbocycles. The van der Waals surface area contributed by atoms with Crippen molar-refractivity contribution in [2.75, 3.05) is 0 Å². The van der Waals surface area contributed by atoms with E-state index in [1.54, 1.807) is 12.3 Å². The van der Waals surface area contributed by atoms with Crippen LogP contribution in [0.3, 0.4) is 0 Å². The highest BCUT2D eigenvalue weighted by molar-refractivity contribution is 5.66. The molecule has 0 spiro atoms. The number of ether oxygens (including phenoxy) is 2. The fraction of sp³-hybridized carbons (Fsp3) is 0.625. The average molecular weight is 156 g/mol. The molecule has 11 heavy (non-hydrogen) atoms. The lowest BCUT2D eigenvalue weighted by molar-refractivity contribution is -0.145. The first kappa shape index (κ1) is 8.11. The van der Waals surface area contributed by atoms with Crippen molar-refractivity contribution in [1.29, 1.82) is 0 Å². The predicted octanol–water partition coefficient (Wildman–Crippen LogP) is 1.24. The molecule has 3 heteroatoms. The summed E-state index contributed by atoms with van der Waals surface area (Å²) in [6.07, 6.45) is 4.12. The van der Waals surface area contributed by atoms with Gasteiger partial charge in [0, 0.05) is 13.3 Å². The summed E-state index contributed by atoms with van der Waals surface area (Å²) < 4.78 is 10.1. The molecule has 1 heterocycles. The van der Waals surface area contributed by atoms with Crippen LogP contribution in [0.2, 0.25) is 0 Å². The zero-order chi connectivity index (χ0) is 8.27. The average Bonchev–Trinajstić information content (AvgIpc) is 1.85. The fourth-order valence-corrected chi connectivity index (χ4v) is 1.03. The second-order valence-corrected chi connectivity index (χ2v) is 2.66. The van der Waals surface area contributed by atoms with Crippen molar-refractivity contribution < 1.29 is 14.3 Å². The van der Waals surface area contributed by atoms with Crippen molar-refractivity contribution in [2.24, 2.45) is 0 Å². The van der Waals surface area contributed by atoms with E-state index in [1.807, 2.05) is 6.92 Å². The largest absolute Gasteiger partial charge is 0.498 e. The summed E-state index contributed by atoms with van der Waals surface area (Å²) in [5, 5.41) is 0. The molecule has 0 aliphatic carbocycles. The van der Waals surface area contributed by atoms with Crippen LogP contribution < -0.4 is 0 Å². The highest BCUT2D eigenvalue weighted by atomic mass is 16.5. The van der Waals surface area contributed by atoms with E-state index in [9.17, 15) is 4.79 Å². The maximum Gasteiger partial charge on any atom is 0.303 e. The quantitative estimate of drug-likeness (QED) is 0.536. The van der Waals surface area contributed by atoms with E-state index in [0.29, 0.717) is 0 Å². The van der Waals surface area contributed by atoms with Gasteiger partial charge in [0.25, 0.3) is 0 Å². The standard InChI is InChI=1S/C8H12O3/c1-6-5-8(3-4-10-6)11-7(2)9/h3-4,6,8H,5H2,1-2H3/t6-,8-/m1/s1. The molecule has 0 radical (unpaired) electrons. The van der Waals surface area contributed by atoms with Gasteiger partial charge >= 0.3 is 5.97 Å². The van der Waals surface area contributed by atoms with Crippen LogP contribution in [-0.2, 0) is 14.3 Å². The highest BCUT2D eigenvalue weighted by Gasteiger charge is 2.16. The maximum atomic E-state index is 10.5. The van der Waals surface area contributed by atoms with Crippen molar-refractivity contribution in [1.82, 2.24) is 0 Å². The summed E-state index contributed by atoms with van der Waals surface area (Å²) in [6, 6.07) is 0. The Bertz CT molecular complexity index is 174. The van der Waals surface area contributed by atoms with Gasteiger partial charge in [-0.25, -0.2) is 0 Å². The number of esters is 1. The number of carbonyl (C=O) groups is 1. The molecule has 0 amide bonds. The predicted molar refractivity (Wildman–Crippen MR) is 39.9 cm³/mol. The Morgan fingerprint density at radius 3 is 3.00 bits per heavy atom. The van der Waals surface area contributed by atoms with E-state index in [2.05, 4.69) is 0 Å². The highest BCUT2D eigenvalue weighted by Crippen LogP contribution is 2.13. The Balaban J connectivity index is 2.40. The Morgan fingerprint density at radius 2 is 2.45 bits per heavy atom. The van der Waals surface area contributed by atoms with Crippen LogP contribution in [0.15, 0.2) is 12.3 Å². The van der Waals surface area contributed by atoms with E-state index < -0.39 is 0 Å². The fourth-order valence-electron chi connectivity index (χ4n) is 1.03. The molecule has 3 nitrogen and oxygen atoms in total. The lowest BCUT2D eigenvalue weighted by Crippen LogP contribution is -2.23. The topological polar surface area (TPSA) is 35.5 Å². The summed E-state index contributed by atoms with van der Waals surface area (Å²) in [6.45, 7) is 3.36. The van der Waals surface area contributed by atoms with Gasteiger partial charge in [-0.2, -0.15) is 0 Å². The molecule has 0 aromatic heterocycles. The second-order valence-electron chi connectivity index (χ2n) is 2.66. The van der Waals surface area contributed by atoms with Crippen LogP contribution in [0.1, 0.15) is 20.3 Å². The van der Waals surface area contributed by atoms with E-state index in [-0.39, 0.29) is 18.2 Å². The molecule has 1 rings (SSSR count). The minimum atomic E-state index is -0.242. The normalized spacial score (nSPS) is 29.3. The van der Waals surface area contributed by atoms with Gasteiger partial charge in [-0.05, 0) is 13.0 Å². The zero-order valence-electron chi connectivity index (χ0n) is 6.74. The van der Waals surface area contributed by atoms with Crippen molar-refractivity contribution >= 4 is 5.97 Å². The van der Waals surface area contributed by atoms with Crippen LogP contribution in [0.4, 0.5) is 0 Å². The summed E-state index contributed by atoms with van der Waals surface area (Å²) in [5.74, 6) is -0.242. The summed E-state index contributed by atoms with van der Waals surface area (Å²) in [5.41, 5.74) is 0. The molecule has 62 valence electrons. The van der Waals surface area contributed by atoms with Gasteiger partial charge in [-0.15, -0.1) is 0 Å². The maximum absolute atomic E-state index is 10.5. The smallest absolute Gasteiger partial charge is 0.303 e. The molecule has 0 bridgehead atoms. The second kappa shape index (κ2) is 3.42. The first-order valence-electron chi connectivity index (χ1n) is 3.68. The number of hydrogen-bond acceptors (Lipinski definition) is 3.